The largest absolute Gasteiger partial charge is 0.310 e. The summed E-state index contributed by atoms with van der Waals surface area (Å²) in [6, 6.07) is 80.0. The van der Waals surface area contributed by atoms with Crippen molar-refractivity contribution in [2.45, 2.75) is 19.8 Å². The van der Waals surface area contributed by atoms with Gasteiger partial charge in [-0.2, -0.15) is 0 Å². The number of benzene rings is 10. The second-order valence-corrected chi connectivity index (χ2v) is 15.4. The molecule has 0 saturated carbocycles. The number of nitrogens with zero attached hydrogens (tertiary/aromatic N) is 1. The summed E-state index contributed by atoms with van der Waals surface area (Å²) in [4.78, 5) is 2.39. The minimum Gasteiger partial charge on any atom is -0.310 e. The van der Waals surface area contributed by atoms with Gasteiger partial charge in [0.25, 0.3) is 0 Å². The lowest BCUT2D eigenvalue weighted by atomic mass is 9.92. The van der Waals surface area contributed by atoms with Crippen molar-refractivity contribution >= 4 is 49.4 Å². The molecule has 0 fully saturated rings. The third-order valence-electron chi connectivity index (χ3n) is 11.7. The Labute approximate surface area is 341 Å². The van der Waals surface area contributed by atoms with Gasteiger partial charge in [-0.15, -0.1) is 0 Å². The van der Waals surface area contributed by atoms with Crippen LogP contribution in [0.1, 0.15) is 16.7 Å². The molecule has 0 amide bonds. The molecule has 0 atom stereocenters. The summed E-state index contributed by atoms with van der Waals surface area (Å²) in [5, 5.41) is 7.46. The van der Waals surface area contributed by atoms with Crippen molar-refractivity contribution in [2.75, 3.05) is 4.90 Å². The molecule has 0 aromatic heterocycles. The Kier molecular flexibility index (Phi) is 9.33. The molecule has 0 aliphatic rings. The summed E-state index contributed by atoms with van der Waals surface area (Å²) < 4.78 is 0. The van der Waals surface area contributed by atoms with Crippen molar-refractivity contribution in [1.82, 2.24) is 0 Å². The van der Waals surface area contributed by atoms with Crippen molar-refractivity contribution in [1.29, 1.82) is 0 Å². The van der Waals surface area contributed by atoms with Gasteiger partial charge in [0, 0.05) is 17.1 Å². The summed E-state index contributed by atoms with van der Waals surface area (Å²) in [6.45, 7) is 2.25. The van der Waals surface area contributed by atoms with Crippen LogP contribution in [0.15, 0.2) is 218 Å². The lowest BCUT2D eigenvalue weighted by Crippen LogP contribution is -2.10. The van der Waals surface area contributed by atoms with E-state index in [1.54, 1.807) is 0 Å². The van der Waals surface area contributed by atoms with Crippen LogP contribution in [0.2, 0.25) is 0 Å². The van der Waals surface area contributed by atoms with Crippen LogP contribution in [0.25, 0.3) is 65.7 Å². The first-order valence-corrected chi connectivity index (χ1v) is 20.3. The predicted molar refractivity (Wildman–Crippen MR) is 249 cm³/mol. The highest BCUT2D eigenvalue weighted by atomic mass is 15.1. The topological polar surface area (TPSA) is 3.24 Å². The average Bonchev–Trinajstić information content (AvgIpc) is 3.28. The van der Waals surface area contributed by atoms with E-state index in [0.29, 0.717) is 0 Å². The molecule has 1 nitrogen and oxygen atoms in total. The van der Waals surface area contributed by atoms with Crippen molar-refractivity contribution in [3.8, 4) is 33.4 Å². The SMILES string of the molecule is Cc1cc(N(c2ccc(-c3ccc4ccc(-c5ccc6ccccc6c5)cc4c3)cc2)c2ccc3ccccc3c2)ccc1-c1ccccc1CCc1ccccc1. The third kappa shape index (κ3) is 7.04. The molecule has 10 aromatic carbocycles. The number of aryl methyl sites for hydroxylation is 3. The Hall–Kier alpha value is -7.22. The van der Waals surface area contributed by atoms with E-state index >= 15 is 0 Å². The summed E-state index contributed by atoms with van der Waals surface area (Å²) in [5.41, 5.74) is 14.8. The normalized spacial score (nSPS) is 11.3. The average molecular weight is 742 g/mol. The van der Waals surface area contributed by atoms with Crippen LogP contribution in [-0.4, -0.2) is 0 Å². The molecule has 0 spiro atoms. The Morgan fingerprint density at radius 1 is 0.310 bits per heavy atom. The van der Waals surface area contributed by atoms with Crippen molar-refractivity contribution in [3.05, 3.63) is 235 Å². The van der Waals surface area contributed by atoms with Crippen LogP contribution in [-0.2, 0) is 12.8 Å². The molecule has 0 radical (unpaired) electrons. The van der Waals surface area contributed by atoms with Gasteiger partial charge in [-0.3, -0.25) is 0 Å². The van der Waals surface area contributed by atoms with Crippen LogP contribution in [0, 0.1) is 6.92 Å². The van der Waals surface area contributed by atoms with Gasteiger partial charge in [-0.05, 0) is 157 Å². The molecule has 0 aliphatic heterocycles. The fourth-order valence-corrected chi connectivity index (χ4v) is 8.55. The van der Waals surface area contributed by atoms with Crippen molar-refractivity contribution < 1.29 is 0 Å². The van der Waals surface area contributed by atoms with Gasteiger partial charge in [-0.1, -0.05) is 164 Å². The molecule has 276 valence electrons. The van der Waals surface area contributed by atoms with Crippen molar-refractivity contribution in [2.24, 2.45) is 0 Å². The zero-order valence-corrected chi connectivity index (χ0v) is 32.6. The van der Waals surface area contributed by atoms with Gasteiger partial charge < -0.3 is 4.90 Å². The van der Waals surface area contributed by atoms with Gasteiger partial charge in [0.1, 0.15) is 0 Å². The Bertz CT molecular complexity index is 3070. The Balaban J connectivity index is 0.991. The van der Waals surface area contributed by atoms with E-state index in [4.69, 9.17) is 0 Å². The van der Waals surface area contributed by atoms with E-state index in [1.165, 1.54) is 82.4 Å². The molecule has 0 bridgehead atoms. The summed E-state index contributed by atoms with van der Waals surface area (Å²) in [6.07, 6.45) is 2.02. The number of hydrogen-bond donors (Lipinski definition) is 0. The summed E-state index contributed by atoms with van der Waals surface area (Å²) in [5.74, 6) is 0. The quantitative estimate of drug-likeness (QED) is 0.142. The first kappa shape index (κ1) is 35.2. The van der Waals surface area contributed by atoms with E-state index in [2.05, 4.69) is 230 Å². The monoisotopic (exact) mass is 741 g/mol. The zero-order chi connectivity index (χ0) is 38.8. The number of fused-ring (bicyclic) bond motifs is 3. The predicted octanol–water partition coefficient (Wildman–Crippen LogP) is 15.7. The minimum atomic E-state index is 1.000. The minimum absolute atomic E-state index is 1.000. The molecular weight excluding hydrogens is 699 g/mol. The summed E-state index contributed by atoms with van der Waals surface area (Å²) >= 11 is 0. The second-order valence-electron chi connectivity index (χ2n) is 15.4. The highest BCUT2D eigenvalue weighted by Crippen LogP contribution is 2.40. The Morgan fingerprint density at radius 2 is 0.793 bits per heavy atom. The molecule has 0 unspecified atom stereocenters. The summed E-state index contributed by atoms with van der Waals surface area (Å²) in [7, 11) is 0. The van der Waals surface area contributed by atoms with E-state index in [9.17, 15) is 0 Å². The van der Waals surface area contributed by atoms with Gasteiger partial charge in [0.05, 0.1) is 0 Å². The number of hydrogen-bond acceptors (Lipinski definition) is 1. The maximum atomic E-state index is 2.39. The second kappa shape index (κ2) is 15.4. The molecule has 58 heavy (non-hydrogen) atoms. The van der Waals surface area contributed by atoms with Crippen LogP contribution in [0.4, 0.5) is 17.1 Å². The fraction of sp³-hybridized carbons (Fsp3) is 0.0526. The Morgan fingerprint density at radius 3 is 1.48 bits per heavy atom. The molecular formula is C57H43N. The van der Waals surface area contributed by atoms with E-state index in [-0.39, 0.29) is 0 Å². The number of anilines is 3. The molecule has 10 aromatic rings. The maximum absolute atomic E-state index is 2.39. The maximum Gasteiger partial charge on any atom is 0.0468 e. The molecule has 0 heterocycles. The van der Waals surface area contributed by atoms with Gasteiger partial charge >= 0.3 is 0 Å². The van der Waals surface area contributed by atoms with Crippen LogP contribution in [0.3, 0.4) is 0 Å². The fourth-order valence-electron chi connectivity index (χ4n) is 8.55. The van der Waals surface area contributed by atoms with Gasteiger partial charge in [0.15, 0.2) is 0 Å². The zero-order valence-electron chi connectivity index (χ0n) is 32.6. The van der Waals surface area contributed by atoms with Crippen LogP contribution < -0.4 is 4.90 Å². The number of rotatable bonds is 9. The smallest absolute Gasteiger partial charge is 0.0468 e. The standard InChI is InChI=1S/C57H43N/c1-40-35-54(33-34-56(40)57-18-10-9-15-46(57)20-19-41-11-3-2-4-12-41)58(55-32-29-43-14-6-8-17-48(43)39-55)53-30-27-44(28-31-53)49-24-22-45-23-26-51(38-52(45)37-49)50-25-21-42-13-5-7-16-47(42)36-50/h2-18,21-39H,19-20H2,1H3. The highest BCUT2D eigenvalue weighted by Gasteiger charge is 2.16. The first-order chi connectivity index (χ1) is 28.6. The lowest BCUT2D eigenvalue weighted by Gasteiger charge is -2.27. The van der Waals surface area contributed by atoms with Crippen molar-refractivity contribution in [3.63, 3.8) is 0 Å². The molecule has 10 rings (SSSR count). The molecule has 0 saturated heterocycles. The first-order valence-electron chi connectivity index (χ1n) is 20.3. The molecule has 1 heteroatoms. The van der Waals surface area contributed by atoms with E-state index in [0.717, 1.165) is 29.9 Å². The lowest BCUT2D eigenvalue weighted by molar-refractivity contribution is 0.962. The van der Waals surface area contributed by atoms with E-state index < -0.39 is 0 Å². The van der Waals surface area contributed by atoms with E-state index in [1.807, 2.05) is 0 Å². The van der Waals surface area contributed by atoms with Gasteiger partial charge in [0.2, 0.25) is 0 Å². The highest BCUT2D eigenvalue weighted by molar-refractivity contribution is 5.94. The van der Waals surface area contributed by atoms with Crippen LogP contribution in [0.5, 0.6) is 0 Å². The molecule has 0 N–H and O–H groups in total. The third-order valence-corrected chi connectivity index (χ3v) is 11.7. The molecule has 0 aliphatic carbocycles. The van der Waals surface area contributed by atoms with Crippen LogP contribution >= 0.6 is 0 Å². The van der Waals surface area contributed by atoms with Gasteiger partial charge in [-0.25, -0.2) is 0 Å².